The number of nitrogens with two attached hydrogens (primary N) is 1. The van der Waals surface area contributed by atoms with Crippen LogP contribution in [-0.2, 0) is 50.7 Å². The number of halogens is 6. The van der Waals surface area contributed by atoms with Crippen molar-refractivity contribution in [2.75, 3.05) is 24.6 Å². The second kappa shape index (κ2) is 21.4. The summed E-state index contributed by atoms with van der Waals surface area (Å²) in [5.74, 6) is -0.609. The van der Waals surface area contributed by atoms with Gasteiger partial charge in [-0.2, -0.15) is 26.3 Å². The average molecular weight is 883 g/mol. The number of nitrogens with one attached hydrogen (secondary N) is 3. The van der Waals surface area contributed by atoms with Crippen LogP contribution in [0.2, 0.25) is 0 Å². The summed E-state index contributed by atoms with van der Waals surface area (Å²) in [5, 5.41) is 7.95. The van der Waals surface area contributed by atoms with Crippen LogP contribution in [0.3, 0.4) is 0 Å². The highest BCUT2D eigenvalue weighted by Crippen LogP contribution is 2.38. The second-order valence-electron chi connectivity index (χ2n) is 16.0. The number of Topliss-reactive ketones (excluding diaryl/α,β-unsaturated/α-hetero) is 2. The molecule has 18 heteroatoms. The highest BCUT2D eigenvalue weighted by molar-refractivity contribution is 7.99. The molecule has 3 aromatic carbocycles. The van der Waals surface area contributed by atoms with Crippen molar-refractivity contribution in [2.24, 2.45) is 0 Å². The molecule has 0 fully saturated rings. The Bertz CT molecular complexity index is 2040. The number of amides is 2. The van der Waals surface area contributed by atoms with Crippen LogP contribution < -0.4 is 26.4 Å². The third-order valence-electron chi connectivity index (χ3n) is 8.03. The van der Waals surface area contributed by atoms with E-state index in [0.717, 1.165) is 36.0 Å². The van der Waals surface area contributed by atoms with Gasteiger partial charge in [0.25, 0.3) is 0 Å². The van der Waals surface area contributed by atoms with E-state index in [1.165, 1.54) is 24.3 Å². The lowest BCUT2D eigenvalue weighted by Gasteiger charge is -2.20. The first-order chi connectivity index (χ1) is 28.2. The van der Waals surface area contributed by atoms with E-state index >= 15 is 0 Å². The number of hydrogen-bond donors (Lipinski definition) is 4. The van der Waals surface area contributed by atoms with Gasteiger partial charge in [-0.3, -0.25) is 14.9 Å². The predicted octanol–water partition coefficient (Wildman–Crippen LogP) is 9.94. The SMILES string of the molecule is C=C(NCCCCC(=O)Cc1cc(C(F)(F)F)cc(CC(=O)Cc2cccc(Oc3cc(N)cc(C(F)(F)F)c3)c2)c1SCCNC(=O)OC(C)(C)C)NC(=O)OC(C)(C)C. The monoisotopic (exact) mass is 882 g/mol. The number of alkyl carbamates (subject to hydrolysis) is 2. The second-order valence-corrected chi connectivity index (χ2v) is 17.1. The first-order valence-electron chi connectivity index (χ1n) is 19.2. The van der Waals surface area contributed by atoms with E-state index in [2.05, 4.69) is 22.5 Å². The lowest BCUT2D eigenvalue weighted by Crippen LogP contribution is -2.36. The van der Waals surface area contributed by atoms with E-state index in [0.29, 0.717) is 24.9 Å². The molecule has 0 radical (unpaired) electrons. The normalized spacial score (nSPS) is 12.0. The van der Waals surface area contributed by atoms with Gasteiger partial charge in [-0.25, -0.2) is 9.59 Å². The molecule has 334 valence electrons. The Morgan fingerprint density at radius 2 is 1.28 bits per heavy atom. The fourth-order valence-electron chi connectivity index (χ4n) is 5.65. The van der Waals surface area contributed by atoms with E-state index in [1.54, 1.807) is 47.6 Å². The highest BCUT2D eigenvalue weighted by Gasteiger charge is 2.33. The third kappa shape index (κ3) is 18.8. The zero-order valence-electron chi connectivity index (χ0n) is 34.9. The molecule has 0 unspecified atom stereocenters. The van der Waals surface area contributed by atoms with Crippen molar-refractivity contribution < 1.29 is 59.7 Å². The largest absolute Gasteiger partial charge is 0.457 e. The van der Waals surface area contributed by atoms with Crippen molar-refractivity contribution in [2.45, 2.75) is 109 Å². The molecule has 0 bridgehead atoms. The van der Waals surface area contributed by atoms with Crippen molar-refractivity contribution in [3.8, 4) is 11.5 Å². The number of thioether (sulfide) groups is 1. The molecule has 3 aromatic rings. The lowest BCUT2D eigenvalue weighted by atomic mass is 9.95. The molecule has 5 N–H and O–H groups in total. The molecule has 0 aliphatic heterocycles. The molecule has 0 atom stereocenters. The summed E-state index contributed by atoms with van der Waals surface area (Å²) in [6.07, 6.45) is -11.2. The van der Waals surface area contributed by atoms with Crippen LogP contribution in [0.1, 0.15) is 88.6 Å². The van der Waals surface area contributed by atoms with Crippen LogP contribution in [0.4, 0.5) is 41.6 Å². The fraction of sp³-hybridized carbons (Fsp3) is 0.442. The minimum atomic E-state index is -4.82. The Labute approximate surface area is 355 Å². The molecular weight excluding hydrogens is 831 g/mol. The Kier molecular flexibility index (Phi) is 17.5. The quantitative estimate of drug-likeness (QED) is 0.0395. The van der Waals surface area contributed by atoms with Crippen molar-refractivity contribution in [3.63, 3.8) is 0 Å². The molecule has 0 saturated heterocycles. The molecule has 0 heterocycles. The first-order valence-corrected chi connectivity index (χ1v) is 20.2. The standard InChI is InChI=1S/C43H52F6N4O7S/c1-26(53-39(57)60-41(5,6)7)51-14-9-8-12-33(54)21-28-19-30(42(44,45)46)20-29(37(28)61-16-15-52-38(56)59-40(2,3)4)22-34(55)17-27-11-10-13-35(18-27)58-36-24-31(43(47,48)49)23-32(50)25-36/h10-11,13,18-20,23-25,51H,1,8-9,12,14-17,21-22,50H2,2-7H3,(H,52,56)(H,53,57). The van der Waals surface area contributed by atoms with Gasteiger partial charge in [-0.05, 0) is 107 Å². The van der Waals surface area contributed by atoms with E-state index in [-0.39, 0.29) is 76.4 Å². The van der Waals surface area contributed by atoms with Crippen LogP contribution in [0.25, 0.3) is 0 Å². The summed E-state index contributed by atoms with van der Waals surface area (Å²) >= 11 is 1.08. The van der Waals surface area contributed by atoms with Gasteiger partial charge >= 0.3 is 24.5 Å². The Balaban J connectivity index is 1.80. The van der Waals surface area contributed by atoms with Crippen molar-refractivity contribution in [1.82, 2.24) is 16.0 Å². The first kappa shape index (κ1) is 50.0. The molecule has 2 amide bonds. The number of alkyl halides is 6. The number of benzene rings is 3. The molecule has 61 heavy (non-hydrogen) atoms. The van der Waals surface area contributed by atoms with Gasteiger partial charge in [-0.1, -0.05) is 18.7 Å². The van der Waals surface area contributed by atoms with Gasteiger partial charge < -0.3 is 30.6 Å². The van der Waals surface area contributed by atoms with E-state index in [9.17, 15) is 45.5 Å². The topological polar surface area (TPSA) is 158 Å². The molecule has 0 aromatic heterocycles. The Morgan fingerprint density at radius 1 is 0.689 bits per heavy atom. The fourth-order valence-corrected chi connectivity index (χ4v) is 6.69. The van der Waals surface area contributed by atoms with Gasteiger partial charge in [0.05, 0.1) is 11.1 Å². The van der Waals surface area contributed by atoms with E-state index < -0.39 is 59.1 Å². The maximum Gasteiger partial charge on any atom is 0.416 e. The van der Waals surface area contributed by atoms with Gasteiger partial charge in [0, 0.05) is 61.2 Å². The van der Waals surface area contributed by atoms with Gasteiger partial charge in [0.1, 0.15) is 40.1 Å². The molecule has 0 saturated carbocycles. The zero-order valence-corrected chi connectivity index (χ0v) is 35.7. The molecule has 0 aliphatic rings. The average Bonchev–Trinajstić information content (AvgIpc) is 3.08. The number of nitrogen functional groups attached to an aromatic ring is 1. The number of carbonyl (C=O) groups excluding carboxylic acids is 4. The molecule has 11 nitrogen and oxygen atoms in total. The van der Waals surface area contributed by atoms with E-state index in [1.807, 2.05) is 0 Å². The zero-order chi connectivity index (χ0) is 45.8. The summed E-state index contributed by atoms with van der Waals surface area (Å²) in [6, 6.07) is 10.4. The highest BCUT2D eigenvalue weighted by atomic mass is 32.2. The van der Waals surface area contributed by atoms with Crippen molar-refractivity contribution >= 4 is 41.2 Å². The number of anilines is 1. The van der Waals surface area contributed by atoms with Crippen LogP contribution >= 0.6 is 11.8 Å². The van der Waals surface area contributed by atoms with E-state index in [4.69, 9.17) is 19.9 Å². The Morgan fingerprint density at radius 3 is 1.89 bits per heavy atom. The maximum atomic E-state index is 14.3. The third-order valence-corrected chi connectivity index (χ3v) is 9.25. The van der Waals surface area contributed by atoms with Crippen LogP contribution in [0.5, 0.6) is 11.5 Å². The summed E-state index contributed by atoms with van der Waals surface area (Å²) in [4.78, 5) is 51.3. The maximum absolute atomic E-state index is 14.3. The minimum absolute atomic E-state index is 0.0218. The smallest absolute Gasteiger partial charge is 0.416 e. The molecular formula is C43H52F6N4O7S. The lowest BCUT2D eigenvalue weighted by molar-refractivity contribution is -0.138. The summed E-state index contributed by atoms with van der Waals surface area (Å²) in [5.41, 5.74) is 2.38. The number of ether oxygens (including phenoxy) is 3. The number of hydrogen-bond acceptors (Lipinski definition) is 10. The molecule has 0 spiro atoms. The van der Waals surface area contributed by atoms with Crippen LogP contribution in [-0.4, -0.2) is 53.8 Å². The molecule has 3 rings (SSSR count). The van der Waals surface area contributed by atoms with Crippen LogP contribution in [0, 0.1) is 0 Å². The van der Waals surface area contributed by atoms with Gasteiger partial charge in [0.15, 0.2) is 0 Å². The minimum Gasteiger partial charge on any atom is -0.457 e. The predicted molar refractivity (Wildman–Crippen MR) is 220 cm³/mol. The number of ketones is 2. The summed E-state index contributed by atoms with van der Waals surface area (Å²) in [7, 11) is 0. The molecule has 0 aliphatic carbocycles. The van der Waals surface area contributed by atoms with Gasteiger partial charge in [0.2, 0.25) is 0 Å². The van der Waals surface area contributed by atoms with Crippen molar-refractivity contribution in [3.05, 3.63) is 94.8 Å². The Hall–Kier alpha value is -5.39. The number of carbonyl (C=O) groups is 4. The van der Waals surface area contributed by atoms with Crippen LogP contribution in [0.15, 0.2) is 71.9 Å². The van der Waals surface area contributed by atoms with Crippen molar-refractivity contribution in [1.29, 1.82) is 0 Å². The summed E-state index contributed by atoms with van der Waals surface area (Å²) in [6.45, 7) is 14.3. The number of rotatable bonds is 19. The number of unbranched alkanes of at least 4 members (excludes halogenated alkanes) is 1. The van der Waals surface area contributed by atoms with Gasteiger partial charge in [-0.15, -0.1) is 11.8 Å². The summed E-state index contributed by atoms with van der Waals surface area (Å²) < 4.78 is 99.0.